The van der Waals surface area contributed by atoms with Gasteiger partial charge in [0.05, 0.1) is 7.11 Å². The molecule has 0 fully saturated rings. The van der Waals surface area contributed by atoms with Crippen LogP contribution in [0.4, 0.5) is 17.6 Å². The number of nitrogens with two attached hydrogens (primary N) is 1. The van der Waals surface area contributed by atoms with E-state index in [2.05, 4.69) is 4.74 Å². The summed E-state index contributed by atoms with van der Waals surface area (Å²) in [6, 6.07) is 2.02. The highest BCUT2D eigenvalue weighted by atomic mass is 19.2. The Morgan fingerprint density at radius 3 is 2.33 bits per heavy atom. The molecule has 0 aliphatic carbocycles. The molecular formula is C15H13F4NO4. The van der Waals surface area contributed by atoms with E-state index < -0.39 is 47.6 Å². The van der Waals surface area contributed by atoms with Gasteiger partial charge in [-0.1, -0.05) is 0 Å². The van der Waals surface area contributed by atoms with Gasteiger partial charge in [0.25, 0.3) is 0 Å². The number of rotatable bonds is 6. The standard InChI is InChI=1S/C15H13F4NO4/c1-22-15(21)11(20)4-7-2-3-8(24-7)6-23-14-12(18)9(16)5-10(17)13(14)19/h2-3,5,11H,4,6,20H2,1H3. The summed E-state index contributed by atoms with van der Waals surface area (Å²) in [5.74, 6) is -7.84. The molecule has 24 heavy (non-hydrogen) atoms. The number of esters is 1. The van der Waals surface area contributed by atoms with Gasteiger partial charge in [-0.2, -0.15) is 8.78 Å². The predicted octanol–water partition coefficient (Wildman–Crippen LogP) is 2.46. The first-order valence-corrected chi connectivity index (χ1v) is 6.70. The summed E-state index contributed by atoms with van der Waals surface area (Å²) in [6.45, 7) is -0.482. The van der Waals surface area contributed by atoms with E-state index in [1.54, 1.807) is 0 Å². The Hall–Kier alpha value is -2.55. The SMILES string of the molecule is COC(=O)C(N)Cc1ccc(COc2c(F)c(F)cc(F)c2F)o1. The molecule has 0 radical (unpaired) electrons. The Morgan fingerprint density at radius 2 is 1.75 bits per heavy atom. The first-order valence-electron chi connectivity index (χ1n) is 6.70. The summed E-state index contributed by atoms with van der Waals surface area (Å²) in [5.41, 5.74) is 5.56. The van der Waals surface area contributed by atoms with Crippen molar-refractivity contribution < 1.29 is 36.2 Å². The van der Waals surface area contributed by atoms with Crippen molar-refractivity contribution in [2.75, 3.05) is 7.11 Å². The van der Waals surface area contributed by atoms with Crippen LogP contribution in [0.25, 0.3) is 0 Å². The molecule has 0 amide bonds. The summed E-state index contributed by atoms with van der Waals surface area (Å²) in [7, 11) is 1.19. The fourth-order valence-corrected chi connectivity index (χ4v) is 1.88. The van der Waals surface area contributed by atoms with E-state index >= 15 is 0 Å². The van der Waals surface area contributed by atoms with Gasteiger partial charge in [-0.3, -0.25) is 4.79 Å². The molecule has 1 aromatic heterocycles. The van der Waals surface area contributed by atoms with E-state index in [-0.39, 0.29) is 18.2 Å². The summed E-state index contributed by atoms with van der Waals surface area (Å²) in [4.78, 5) is 11.2. The van der Waals surface area contributed by atoms with Gasteiger partial charge in [-0.05, 0) is 12.1 Å². The van der Waals surface area contributed by atoms with Gasteiger partial charge in [0.15, 0.2) is 17.4 Å². The second kappa shape index (κ2) is 7.35. The molecule has 5 nitrogen and oxygen atoms in total. The maximum absolute atomic E-state index is 13.4. The molecule has 0 spiro atoms. The van der Waals surface area contributed by atoms with Crippen molar-refractivity contribution in [2.24, 2.45) is 5.73 Å². The quantitative estimate of drug-likeness (QED) is 0.494. The Balaban J connectivity index is 2.05. The molecule has 1 heterocycles. The van der Waals surface area contributed by atoms with Crippen LogP contribution < -0.4 is 10.5 Å². The third kappa shape index (κ3) is 3.85. The lowest BCUT2D eigenvalue weighted by atomic mass is 10.2. The van der Waals surface area contributed by atoms with Gasteiger partial charge in [-0.15, -0.1) is 0 Å². The number of carbonyl (C=O) groups excluding carboxylic acids is 1. The lowest BCUT2D eigenvalue weighted by Crippen LogP contribution is -2.33. The molecule has 0 saturated carbocycles. The summed E-state index contributed by atoms with van der Waals surface area (Å²) < 4.78 is 67.5. The molecule has 0 aliphatic heterocycles. The molecule has 0 bridgehead atoms. The van der Waals surface area contributed by atoms with E-state index in [1.807, 2.05) is 0 Å². The summed E-state index contributed by atoms with van der Waals surface area (Å²) in [6.07, 6.45) is 0.0317. The molecule has 2 rings (SSSR count). The summed E-state index contributed by atoms with van der Waals surface area (Å²) in [5, 5.41) is 0. The molecule has 130 valence electrons. The van der Waals surface area contributed by atoms with Gasteiger partial charge in [0, 0.05) is 12.5 Å². The van der Waals surface area contributed by atoms with Crippen molar-refractivity contribution >= 4 is 5.97 Å². The van der Waals surface area contributed by atoms with Gasteiger partial charge in [-0.25, -0.2) is 8.78 Å². The van der Waals surface area contributed by atoms with Crippen LogP contribution >= 0.6 is 0 Å². The lowest BCUT2D eigenvalue weighted by molar-refractivity contribution is -0.142. The fourth-order valence-electron chi connectivity index (χ4n) is 1.88. The van der Waals surface area contributed by atoms with Gasteiger partial charge in [0.1, 0.15) is 24.2 Å². The van der Waals surface area contributed by atoms with E-state index in [0.29, 0.717) is 5.76 Å². The number of halogens is 4. The Bertz CT molecular complexity index is 721. The van der Waals surface area contributed by atoms with Crippen LogP contribution in [-0.2, 0) is 22.6 Å². The number of hydrogen-bond donors (Lipinski definition) is 1. The molecule has 9 heteroatoms. The number of methoxy groups -OCH3 is 1. The van der Waals surface area contributed by atoms with Gasteiger partial charge >= 0.3 is 5.97 Å². The highest BCUT2D eigenvalue weighted by Gasteiger charge is 2.21. The van der Waals surface area contributed by atoms with Crippen molar-refractivity contribution in [3.8, 4) is 5.75 Å². The second-order valence-electron chi connectivity index (χ2n) is 4.79. The van der Waals surface area contributed by atoms with E-state index in [0.717, 1.165) is 0 Å². The zero-order valence-corrected chi connectivity index (χ0v) is 12.4. The highest BCUT2D eigenvalue weighted by molar-refractivity contribution is 5.75. The number of furan rings is 1. The van der Waals surface area contributed by atoms with Crippen molar-refractivity contribution in [3.05, 3.63) is 53.0 Å². The maximum Gasteiger partial charge on any atom is 0.323 e. The highest BCUT2D eigenvalue weighted by Crippen LogP contribution is 2.27. The molecule has 2 N–H and O–H groups in total. The average Bonchev–Trinajstić information content (AvgIpc) is 2.99. The monoisotopic (exact) mass is 347 g/mol. The molecule has 0 aliphatic rings. The van der Waals surface area contributed by atoms with Crippen molar-refractivity contribution in [3.63, 3.8) is 0 Å². The second-order valence-corrected chi connectivity index (χ2v) is 4.79. The summed E-state index contributed by atoms with van der Waals surface area (Å²) >= 11 is 0. The molecule has 1 atom stereocenters. The third-order valence-electron chi connectivity index (χ3n) is 3.07. The van der Waals surface area contributed by atoms with Crippen LogP contribution in [0.15, 0.2) is 22.6 Å². The number of hydrogen-bond acceptors (Lipinski definition) is 5. The Morgan fingerprint density at radius 1 is 1.17 bits per heavy atom. The molecule has 0 saturated heterocycles. The van der Waals surface area contributed by atoms with Crippen LogP contribution in [0.3, 0.4) is 0 Å². The van der Waals surface area contributed by atoms with E-state index in [9.17, 15) is 22.4 Å². The Labute approximate surface area is 133 Å². The first-order chi connectivity index (χ1) is 11.3. The van der Waals surface area contributed by atoms with Crippen LogP contribution in [0, 0.1) is 23.3 Å². The zero-order chi connectivity index (χ0) is 17.9. The van der Waals surface area contributed by atoms with Crippen molar-refractivity contribution in [1.29, 1.82) is 0 Å². The maximum atomic E-state index is 13.4. The zero-order valence-electron chi connectivity index (χ0n) is 12.4. The minimum absolute atomic E-state index is 0.0317. The van der Waals surface area contributed by atoms with Gasteiger partial charge in [0.2, 0.25) is 11.6 Å². The van der Waals surface area contributed by atoms with Crippen LogP contribution in [0.5, 0.6) is 5.75 Å². The van der Waals surface area contributed by atoms with E-state index in [4.69, 9.17) is 14.9 Å². The molecule has 2 aromatic rings. The van der Waals surface area contributed by atoms with Crippen LogP contribution in [0.2, 0.25) is 0 Å². The molecule has 1 unspecified atom stereocenters. The van der Waals surface area contributed by atoms with Crippen LogP contribution in [0.1, 0.15) is 11.5 Å². The normalized spacial score (nSPS) is 12.1. The fraction of sp³-hybridized carbons (Fsp3) is 0.267. The van der Waals surface area contributed by atoms with Crippen LogP contribution in [-0.4, -0.2) is 19.1 Å². The average molecular weight is 347 g/mol. The first kappa shape index (κ1) is 17.8. The predicted molar refractivity (Wildman–Crippen MR) is 73.0 cm³/mol. The lowest BCUT2D eigenvalue weighted by Gasteiger charge is -2.08. The number of benzene rings is 1. The smallest absolute Gasteiger partial charge is 0.323 e. The largest absolute Gasteiger partial charge is 0.479 e. The van der Waals surface area contributed by atoms with Gasteiger partial charge < -0.3 is 19.6 Å². The topological polar surface area (TPSA) is 74.7 Å². The third-order valence-corrected chi connectivity index (χ3v) is 3.07. The molecule has 1 aromatic carbocycles. The van der Waals surface area contributed by atoms with Crippen molar-refractivity contribution in [2.45, 2.75) is 19.1 Å². The Kier molecular flexibility index (Phi) is 5.45. The minimum atomic E-state index is -1.65. The molecular weight excluding hydrogens is 334 g/mol. The minimum Gasteiger partial charge on any atom is -0.479 e. The number of carbonyl (C=O) groups is 1. The van der Waals surface area contributed by atoms with E-state index in [1.165, 1.54) is 19.2 Å². The number of ether oxygens (including phenoxy) is 2. The van der Waals surface area contributed by atoms with Crippen molar-refractivity contribution in [1.82, 2.24) is 0 Å².